The van der Waals surface area contributed by atoms with Gasteiger partial charge in [0, 0.05) is 13.6 Å². The monoisotopic (exact) mass is 274 g/mol. The molecule has 0 atom stereocenters. The molecule has 0 N–H and O–H groups in total. The maximum atomic E-state index is 11.9. The fourth-order valence-electron chi connectivity index (χ4n) is 1.84. The fraction of sp³-hybridized carbons (Fsp3) is 0.500. The van der Waals surface area contributed by atoms with Crippen molar-refractivity contribution >= 4 is 5.91 Å². The third-order valence-corrected chi connectivity index (χ3v) is 3.13. The Morgan fingerprint density at radius 3 is 2.75 bits per heavy atom. The van der Waals surface area contributed by atoms with Crippen LogP contribution in [0.4, 0.5) is 0 Å². The van der Waals surface area contributed by atoms with Crippen LogP contribution in [-0.4, -0.2) is 31.0 Å². The molecule has 0 fully saturated rings. The molecule has 1 rings (SSSR count). The molecule has 0 bridgehead atoms. The lowest BCUT2D eigenvalue weighted by Crippen LogP contribution is -2.32. The van der Waals surface area contributed by atoms with Gasteiger partial charge in [0.1, 0.15) is 5.75 Å². The number of carbonyl (C=O) groups excluding carboxylic acids is 1. The SMILES string of the molecule is Cc1ccc(C(C)C)c(OCC(=O)N(C)CCC#N)c1. The van der Waals surface area contributed by atoms with E-state index in [-0.39, 0.29) is 12.5 Å². The van der Waals surface area contributed by atoms with Crippen molar-refractivity contribution in [2.45, 2.75) is 33.1 Å². The number of carbonyl (C=O) groups is 1. The minimum atomic E-state index is -0.114. The van der Waals surface area contributed by atoms with Crippen molar-refractivity contribution in [1.29, 1.82) is 5.26 Å². The average molecular weight is 274 g/mol. The van der Waals surface area contributed by atoms with Gasteiger partial charge < -0.3 is 9.64 Å². The van der Waals surface area contributed by atoms with Gasteiger partial charge in [0.2, 0.25) is 0 Å². The number of ether oxygens (including phenoxy) is 1. The summed E-state index contributed by atoms with van der Waals surface area (Å²) >= 11 is 0. The van der Waals surface area contributed by atoms with Gasteiger partial charge in [-0.05, 0) is 30.0 Å². The number of hydrogen-bond donors (Lipinski definition) is 0. The van der Waals surface area contributed by atoms with E-state index in [4.69, 9.17) is 10.00 Å². The van der Waals surface area contributed by atoms with Crippen LogP contribution in [0.15, 0.2) is 18.2 Å². The lowest BCUT2D eigenvalue weighted by molar-refractivity contribution is -0.132. The molecule has 0 aliphatic carbocycles. The van der Waals surface area contributed by atoms with Crippen LogP contribution in [0.25, 0.3) is 0 Å². The highest BCUT2D eigenvalue weighted by molar-refractivity contribution is 5.77. The minimum Gasteiger partial charge on any atom is -0.483 e. The summed E-state index contributed by atoms with van der Waals surface area (Å²) in [6.45, 7) is 6.63. The molecule has 0 aliphatic rings. The van der Waals surface area contributed by atoms with Crippen molar-refractivity contribution in [3.8, 4) is 11.8 Å². The molecule has 4 heteroatoms. The second-order valence-electron chi connectivity index (χ2n) is 5.21. The predicted octanol–water partition coefficient (Wildman–Crippen LogP) is 2.87. The van der Waals surface area contributed by atoms with E-state index in [1.807, 2.05) is 31.2 Å². The first-order valence-corrected chi connectivity index (χ1v) is 6.80. The Bertz CT molecular complexity index is 504. The third kappa shape index (κ3) is 4.58. The van der Waals surface area contributed by atoms with Gasteiger partial charge in [-0.1, -0.05) is 26.0 Å². The number of nitriles is 1. The first-order valence-electron chi connectivity index (χ1n) is 6.80. The van der Waals surface area contributed by atoms with Crippen LogP contribution in [0.3, 0.4) is 0 Å². The Hall–Kier alpha value is -2.02. The minimum absolute atomic E-state index is 0.00506. The van der Waals surface area contributed by atoms with Crippen molar-refractivity contribution < 1.29 is 9.53 Å². The molecule has 0 aromatic heterocycles. The number of hydrogen-bond acceptors (Lipinski definition) is 3. The second kappa shape index (κ2) is 7.54. The molecule has 0 saturated heterocycles. The molecule has 108 valence electrons. The van der Waals surface area contributed by atoms with E-state index in [2.05, 4.69) is 13.8 Å². The highest BCUT2D eigenvalue weighted by Crippen LogP contribution is 2.27. The number of amides is 1. The molecule has 1 amide bonds. The predicted molar refractivity (Wildman–Crippen MR) is 78.6 cm³/mol. The van der Waals surface area contributed by atoms with Gasteiger partial charge in [-0.15, -0.1) is 0 Å². The van der Waals surface area contributed by atoms with Gasteiger partial charge in [-0.3, -0.25) is 4.79 Å². The lowest BCUT2D eigenvalue weighted by Gasteiger charge is -2.18. The second-order valence-corrected chi connectivity index (χ2v) is 5.21. The Balaban J connectivity index is 2.68. The van der Waals surface area contributed by atoms with Crippen LogP contribution in [0.1, 0.15) is 37.3 Å². The quantitative estimate of drug-likeness (QED) is 0.801. The zero-order valence-corrected chi connectivity index (χ0v) is 12.6. The fourth-order valence-corrected chi connectivity index (χ4v) is 1.84. The molecular weight excluding hydrogens is 252 g/mol. The Kier molecular flexibility index (Phi) is 6.05. The molecule has 1 aromatic rings. The van der Waals surface area contributed by atoms with Crippen molar-refractivity contribution in [2.75, 3.05) is 20.2 Å². The molecule has 1 aromatic carbocycles. The van der Waals surface area contributed by atoms with E-state index in [1.165, 1.54) is 4.90 Å². The van der Waals surface area contributed by atoms with E-state index >= 15 is 0 Å². The largest absolute Gasteiger partial charge is 0.483 e. The third-order valence-electron chi connectivity index (χ3n) is 3.13. The first kappa shape index (κ1) is 16.0. The summed E-state index contributed by atoms with van der Waals surface area (Å²) in [5.74, 6) is 0.996. The summed E-state index contributed by atoms with van der Waals surface area (Å²) in [6.07, 6.45) is 0.337. The van der Waals surface area contributed by atoms with Gasteiger partial charge in [0.15, 0.2) is 6.61 Å². The van der Waals surface area contributed by atoms with Crippen LogP contribution in [0.5, 0.6) is 5.75 Å². The van der Waals surface area contributed by atoms with Crippen molar-refractivity contribution in [1.82, 2.24) is 4.90 Å². The van der Waals surface area contributed by atoms with Gasteiger partial charge >= 0.3 is 0 Å². The molecule has 0 spiro atoms. The zero-order valence-electron chi connectivity index (χ0n) is 12.6. The number of likely N-dealkylation sites (N-methyl/N-ethyl adjacent to an activating group) is 1. The highest BCUT2D eigenvalue weighted by Gasteiger charge is 2.12. The highest BCUT2D eigenvalue weighted by atomic mass is 16.5. The first-order chi connectivity index (χ1) is 9.45. The Morgan fingerprint density at radius 2 is 2.15 bits per heavy atom. The van der Waals surface area contributed by atoms with Crippen LogP contribution >= 0.6 is 0 Å². The number of aryl methyl sites for hydroxylation is 1. The van der Waals surface area contributed by atoms with Gasteiger partial charge in [-0.2, -0.15) is 5.26 Å². The molecule has 0 radical (unpaired) electrons. The summed E-state index contributed by atoms with van der Waals surface area (Å²) in [6, 6.07) is 8.07. The smallest absolute Gasteiger partial charge is 0.260 e. The summed E-state index contributed by atoms with van der Waals surface area (Å²) < 4.78 is 5.67. The Labute approximate surface area is 121 Å². The standard InChI is InChI=1S/C16H22N2O2/c1-12(2)14-7-6-13(3)10-15(14)20-11-16(19)18(4)9-5-8-17/h6-7,10,12H,5,9,11H2,1-4H3. The van der Waals surface area contributed by atoms with Crippen LogP contribution in [0.2, 0.25) is 0 Å². The van der Waals surface area contributed by atoms with E-state index in [0.29, 0.717) is 18.9 Å². The lowest BCUT2D eigenvalue weighted by atomic mass is 10.0. The normalized spacial score (nSPS) is 10.2. The van der Waals surface area contributed by atoms with Crippen LogP contribution in [0, 0.1) is 18.3 Å². The summed E-state index contributed by atoms with van der Waals surface area (Å²) in [7, 11) is 1.68. The molecule has 0 unspecified atom stereocenters. The molecular formula is C16H22N2O2. The number of nitrogens with zero attached hydrogens (tertiary/aromatic N) is 2. The molecule has 20 heavy (non-hydrogen) atoms. The van der Waals surface area contributed by atoms with E-state index in [1.54, 1.807) is 7.05 Å². The number of rotatable bonds is 6. The van der Waals surface area contributed by atoms with Gasteiger partial charge in [-0.25, -0.2) is 0 Å². The topological polar surface area (TPSA) is 53.3 Å². The van der Waals surface area contributed by atoms with Crippen LogP contribution < -0.4 is 4.74 Å². The van der Waals surface area contributed by atoms with E-state index < -0.39 is 0 Å². The zero-order chi connectivity index (χ0) is 15.1. The molecule has 0 heterocycles. The summed E-state index contributed by atoms with van der Waals surface area (Å²) in [4.78, 5) is 13.4. The van der Waals surface area contributed by atoms with E-state index in [9.17, 15) is 4.79 Å². The van der Waals surface area contributed by atoms with Crippen molar-refractivity contribution in [3.63, 3.8) is 0 Å². The molecule has 0 aliphatic heterocycles. The van der Waals surface area contributed by atoms with E-state index in [0.717, 1.165) is 16.9 Å². The van der Waals surface area contributed by atoms with Gasteiger partial charge in [0.25, 0.3) is 5.91 Å². The van der Waals surface area contributed by atoms with Crippen LogP contribution in [-0.2, 0) is 4.79 Å². The van der Waals surface area contributed by atoms with Crippen molar-refractivity contribution in [3.05, 3.63) is 29.3 Å². The number of benzene rings is 1. The summed E-state index contributed by atoms with van der Waals surface area (Å²) in [5, 5.41) is 8.51. The molecule has 0 saturated carbocycles. The molecule has 4 nitrogen and oxygen atoms in total. The maximum absolute atomic E-state index is 11.9. The Morgan fingerprint density at radius 1 is 1.45 bits per heavy atom. The maximum Gasteiger partial charge on any atom is 0.260 e. The van der Waals surface area contributed by atoms with Crippen molar-refractivity contribution in [2.24, 2.45) is 0 Å². The average Bonchev–Trinajstić information content (AvgIpc) is 2.41. The van der Waals surface area contributed by atoms with Gasteiger partial charge in [0.05, 0.1) is 12.5 Å². The summed E-state index contributed by atoms with van der Waals surface area (Å²) in [5.41, 5.74) is 2.21.